The number of pyridine rings is 1. The monoisotopic (exact) mass is 301 g/mol. The molecule has 6 nitrogen and oxygen atoms in total. The van der Waals surface area contributed by atoms with Crippen LogP contribution in [0.4, 0.5) is 0 Å². The van der Waals surface area contributed by atoms with Crippen molar-refractivity contribution in [1.82, 2.24) is 26.1 Å². The molecule has 3 aliphatic rings. The van der Waals surface area contributed by atoms with Gasteiger partial charge in [-0.25, -0.2) is 10.9 Å². The fraction of sp³-hybridized carbons (Fsp3) is 0.625. The molecule has 3 fully saturated rings. The van der Waals surface area contributed by atoms with E-state index in [0.717, 1.165) is 44.5 Å². The first-order chi connectivity index (χ1) is 10.8. The van der Waals surface area contributed by atoms with E-state index in [2.05, 4.69) is 26.1 Å². The predicted molar refractivity (Wildman–Crippen MR) is 82.8 cm³/mol. The van der Waals surface area contributed by atoms with Crippen molar-refractivity contribution < 1.29 is 4.79 Å². The summed E-state index contributed by atoms with van der Waals surface area (Å²) in [6, 6.07) is 6.66. The Hall–Kier alpha value is -1.50. The number of rotatable bonds is 2. The molecule has 6 heteroatoms. The fourth-order valence-corrected chi connectivity index (χ4v) is 4.02. The average Bonchev–Trinajstić information content (AvgIpc) is 3.12. The van der Waals surface area contributed by atoms with Crippen LogP contribution in [0.25, 0.3) is 0 Å². The molecule has 0 radical (unpaired) electrons. The van der Waals surface area contributed by atoms with Crippen LogP contribution in [0.3, 0.4) is 0 Å². The lowest BCUT2D eigenvalue weighted by Crippen LogP contribution is -2.51. The molecule has 0 aromatic carbocycles. The Labute approximate surface area is 130 Å². The Kier molecular flexibility index (Phi) is 3.82. The molecular formula is C16H23N5O. The molecule has 2 unspecified atom stereocenters. The molecule has 0 saturated carbocycles. The van der Waals surface area contributed by atoms with Gasteiger partial charge in [-0.15, -0.1) is 0 Å². The number of fused-ring (bicyclic) bond motifs is 2. The standard InChI is InChI=1S/C16H23N5O/c22-16(21-11-4-5-12(21)10-17-8-6-11)15-9-14(19-20-15)13-3-1-2-7-18-13/h1-3,7,11-12,14-15,17,19-20H,4-6,8-10H2/t11-,12+,14?,15?/m0/s1. The highest BCUT2D eigenvalue weighted by molar-refractivity contribution is 5.83. The Bertz CT molecular complexity index is 523. The van der Waals surface area contributed by atoms with Crippen LogP contribution in [0.2, 0.25) is 0 Å². The van der Waals surface area contributed by atoms with Gasteiger partial charge in [-0.05, 0) is 44.4 Å². The van der Waals surface area contributed by atoms with Crippen LogP contribution >= 0.6 is 0 Å². The maximum absolute atomic E-state index is 13.0. The summed E-state index contributed by atoms with van der Waals surface area (Å²) >= 11 is 0. The van der Waals surface area contributed by atoms with E-state index in [1.165, 1.54) is 0 Å². The van der Waals surface area contributed by atoms with Crippen molar-refractivity contribution >= 4 is 5.91 Å². The van der Waals surface area contributed by atoms with Crippen LogP contribution < -0.4 is 16.2 Å². The number of hydrazine groups is 1. The molecule has 22 heavy (non-hydrogen) atoms. The predicted octanol–water partition coefficient (Wildman–Crippen LogP) is 0.342. The molecule has 1 amide bonds. The minimum Gasteiger partial charge on any atom is -0.334 e. The molecule has 1 aromatic rings. The molecule has 4 atom stereocenters. The Morgan fingerprint density at radius 1 is 1.18 bits per heavy atom. The molecule has 2 bridgehead atoms. The van der Waals surface area contributed by atoms with Crippen molar-refractivity contribution in [1.29, 1.82) is 0 Å². The normalized spacial score (nSPS) is 34.6. The van der Waals surface area contributed by atoms with Gasteiger partial charge < -0.3 is 10.2 Å². The largest absolute Gasteiger partial charge is 0.334 e. The number of carbonyl (C=O) groups excluding carboxylic acids is 1. The molecular weight excluding hydrogens is 278 g/mol. The van der Waals surface area contributed by atoms with Crippen molar-refractivity contribution in [3.8, 4) is 0 Å². The first kappa shape index (κ1) is 14.1. The van der Waals surface area contributed by atoms with Gasteiger partial charge in [0.1, 0.15) is 6.04 Å². The van der Waals surface area contributed by atoms with Gasteiger partial charge in [0.15, 0.2) is 0 Å². The molecule has 1 aromatic heterocycles. The van der Waals surface area contributed by atoms with Gasteiger partial charge in [0.2, 0.25) is 5.91 Å². The molecule has 3 N–H and O–H groups in total. The zero-order valence-electron chi connectivity index (χ0n) is 12.7. The second-order valence-corrected chi connectivity index (χ2v) is 6.51. The number of carbonyl (C=O) groups is 1. The molecule has 118 valence electrons. The summed E-state index contributed by atoms with van der Waals surface area (Å²) in [6.07, 6.45) is 5.92. The van der Waals surface area contributed by atoms with Crippen LogP contribution in [-0.4, -0.2) is 47.0 Å². The summed E-state index contributed by atoms with van der Waals surface area (Å²) in [6.45, 7) is 1.96. The van der Waals surface area contributed by atoms with Gasteiger partial charge in [-0.3, -0.25) is 9.78 Å². The number of amides is 1. The summed E-state index contributed by atoms with van der Waals surface area (Å²) in [5, 5.41) is 3.45. The zero-order valence-corrected chi connectivity index (χ0v) is 12.7. The molecule has 0 aliphatic carbocycles. The molecule has 3 saturated heterocycles. The minimum absolute atomic E-state index is 0.109. The van der Waals surface area contributed by atoms with Crippen LogP contribution in [0, 0.1) is 0 Å². The van der Waals surface area contributed by atoms with E-state index in [1.54, 1.807) is 6.20 Å². The van der Waals surface area contributed by atoms with Crippen molar-refractivity contribution in [2.75, 3.05) is 13.1 Å². The van der Waals surface area contributed by atoms with Gasteiger partial charge in [0.25, 0.3) is 0 Å². The number of nitrogens with one attached hydrogen (secondary N) is 3. The van der Waals surface area contributed by atoms with Crippen molar-refractivity contribution in [3.05, 3.63) is 30.1 Å². The van der Waals surface area contributed by atoms with Crippen molar-refractivity contribution in [2.45, 2.75) is 49.9 Å². The number of nitrogens with zero attached hydrogens (tertiary/aromatic N) is 2. The number of hydrogen-bond donors (Lipinski definition) is 3. The van der Waals surface area contributed by atoms with Gasteiger partial charge in [0, 0.05) is 24.8 Å². The zero-order chi connectivity index (χ0) is 14.9. The van der Waals surface area contributed by atoms with E-state index < -0.39 is 0 Å². The van der Waals surface area contributed by atoms with E-state index in [9.17, 15) is 4.79 Å². The Morgan fingerprint density at radius 2 is 2.09 bits per heavy atom. The highest BCUT2D eigenvalue weighted by atomic mass is 16.2. The Morgan fingerprint density at radius 3 is 2.95 bits per heavy atom. The minimum atomic E-state index is -0.145. The summed E-state index contributed by atoms with van der Waals surface area (Å²) in [5.41, 5.74) is 7.41. The smallest absolute Gasteiger partial charge is 0.241 e. The van der Waals surface area contributed by atoms with Crippen molar-refractivity contribution in [3.63, 3.8) is 0 Å². The summed E-state index contributed by atoms with van der Waals surface area (Å²) in [5.74, 6) is 0.252. The highest BCUT2D eigenvalue weighted by Crippen LogP contribution is 2.30. The second kappa shape index (κ2) is 5.95. The summed E-state index contributed by atoms with van der Waals surface area (Å²) in [4.78, 5) is 19.5. The number of hydrogen-bond acceptors (Lipinski definition) is 5. The Balaban J connectivity index is 1.45. The van der Waals surface area contributed by atoms with E-state index in [4.69, 9.17) is 0 Å². The van der Waals surface area contributed by atoms with Gasteiger partial charge in [0.05, 0.1) is 11.7 Å². The maximum Gasteiger partial charge on any atom is 0.241 e. The van der Waals surface area contributed by atoms with Crippen LogP contribution in [0.15, 0.2) is 24.4 Å². The van der Waals surface area contributed by atoms with Gasteiger partial charge >= 0.3 is 0 Å². The topological polar surface area (TPSA) is 69.3 Å². The quantitative estimate of drug-likeness (QED) is 0.735. The van der Waals surface area contributed by atoms with Gasteiger partial charge in [-0.1, -0.05) is 6.07 Å². The van der Waals surface area contributed by atoms with Crippen LogP contribution in [0.5, 0.6) is 0 Å². The third kappa shape index (κ3) is 2.51. The first-order valence-corrected chi connectivity index (χ1v) is 8.28. The lowest BCUT2D eigenvalue weighted by Gasteiger charge is -2.30. The lowest BCUT2D eigenvalue weighted by atomic mass is 10.0. The highest BCUT2D eigenvalue weighted by Gasteiger charge is 2.42. The lowest BCUT2D eigenvalue weighted by molar-refractivity contribution is -0.135. The fourth-order valence-electron chi connectivity index (χ4n) is 4.02. The van der Waals surface area contributed by atoms with E-state index in [0.29, 0.717) is 12.1 Å². The summed E-state index contributed by atoms with van der Waals surface area (Å²) < 4.78 is 0. The SMILES string of the molecule is O=C(C1CC(c2ccccn2)NN1)N1[C@@H]2CCNC[C@H]1CC2. The van der Waals surface area contributed by atoms with Crippen LogP contribution in [-0.2, 0) is 4.79 Å². The molecule has 3 aliphatic heterocycles. The van der Waals surface area contributed by atoms with E-state index >= 15 is 0 Å². The summed E-state index contributed by atoms with van der Waals surface area (Å²) in [7, 11) is 0. The van der Waals surface area contributed by atoms with Crippen molar-refractivity contribution in [2.24, 2.45) is 0 Å². The molecule has 0 spiro atoms. The van der Waals surface area contributed by atoms with E-state index in [-0.39, 0.29) is 18.0 Å². The second-order valence-electron chi connectivity index (χ2n) is 6.51. The maximum atomic E-state index is 13.0. The first-order valence-electron chi connectivity index (χ1n) is 8.28. The van der Waals surface area contributed by atoms with Gasteiger partial charge in [-0.2, -0.15) is 0 Å². The van der Waals surface area contributed by atoms with Crippen LogP contribution in [0.1, 0.15) is 37.4 Å². The third-order valence-corrected chi connectivity index (χ3v) is 5.15. The molecule has 4 heterocycles. The molecule has 4 rings (SSSR count). The number of aromatic nitrogens is 1. The average molecular weight is 301 g/mol. The third-order valence-electron chi connectivity index (χ3n) is 5.15. The van der Waals surface area contributed by atoms with E-state index in [1.807, 2.05) is 18.2 Å².